The van der Waals surface area contributed by atoms with Crippen LogP contribution in [0.5, 0.6) is 0 Å². The van der Waals surface area contributed by atoms with Gasteiger partial charge in [0.25, 0.3) is 0 Å². The molecule has 9 rings (SSSR count). The van der Waals surface area contributed by atoms with Gasteiger partial charge in [0.05, 0.1) is 0 Å². The molecule has 0 atom stereocenters. The van der Waals surface area contributed by atoms with Gasteiger partial charge in [0.2, 0.25) is 0 Å². The molecule has 0 spiro atoms. The van der Waals surface area contributed by atoms with Gasteiger partial charge in [-0.1, -0.05) is 158 Å². The lowest BCUT2D eigenvalue weighted by Gasteiger charge is -2.27. The fraction of sp³-hybridized carbons (Fsp3) is 0.208. The molecule has 2 aliphatic rings. The fourth-order valence-corrected chi connectivity index (χ4v) is 8.99. The Morgan fingerprint density at radius 3 is 1.48 bits per heavy atom. The zero-order valence-corrected chi connectivity index (χ0v) is 29.1. The van der Waals surface area contributed by atoms with Crippen molar-refractivity contribution in [2.75, 3.05) is 0 Å². The van der Waals surface area contributed by atoms with Gasteiger partial charge in [-0.25, -0.2) is 0 Å². The molecule has 0 heteroatoms. The highest BCUT2D eigenvalue weighted by atomic mass is 14.4. The SMILES string of the molecule is CC(C)(C)c1cc2c(c3ccccc13)-c1c(cc(-c3ccc4c(c3)C(C)(C)c3cc(-c5ccccc5)ccc3-4)c3ccccc13)C2(C)C. The Morgan fingerprint density at radius 1 is 0.375 bits per heavy atom. The second kappa shape index (κ2) is 9.80. The van der Waals surface area contributed by atoms with Crippen LogP contribution in [0.4, 0.5) is 0 Å². The molecule has 2 aliphatic carbocycles. The Morgan fingerprint density at radius 2 is 0.854 bits per heavy atom. The minimum atomic E-state index is -0.131. The van der Waals surface area contributed by atoms with E-state index < -0.39 is 0 Å². The zero-order valence-electron chi connectivity index (χ0n) is 29.1. The molecule has 0 aromatic heterocycles. The summed E-state index contributed by atoms with van der Waals surface area (Å²) in [5.41, 5.74) is 17.7. The molecule has 0 amide bonds. The maximum absolute atomic E-state index is 2.54. The standard InChI is InChI=1S/C48H42/c1-46(2,3)39-28-43-45(37-20-14-12-18-33(37)39)44-36-19-13-11-17-32(36)38(27-42(44)48(43,6)7)31-22-24-35-34-23-21-30(29-15-9-8-10-16-29)25-40(34)47(4,5)41(35)26-31/h8-28H,1-7H3. The quantitative estimate of drug-likeness (QED) is 0.181. The van der Waals surface area contributed by atoms with Crippen LogP contribution in [0, 0.1) is 0 Å². The monoisotopic (exact) mass is 618 g/mol. The highest BCUT2D eigenvalue weighted by Gasteiger charge is 2.40. The van der Waals surface area contributed by atoms with Crippen molar-refractivity contribution in [3.05, 3.63) is 155 Å². The molecule has 7 aromatic rings. The number of hydrogen-bond donors (Lipinski definition) is 0. The minimum absolute atomic E-state index is 0.0450. The first kappa shape index (κ1) is 29.2. The third-order valence-electron chi connectivity index (χ3n) is 11.6. The van der Waals surface area contributed by atoms with E-state index in [0.29, 0.717) is 0 Å². The Bertz CT molecular complexity index is 2460. The number of benzene rings is 7. The summed E-state index contributed by atoms with van der Waals surface area (Å²) >= 11 is 0. The third kappa shape index (κ3) is 3.96. The molecule has 0 saturated carbocycles. The molecule has 0 nitrogen and oxygen atoms in total. The molecule has 0 unspecified atom stereocenters. The second-order valence-electron chi connectivity index (χ2n) is 16.2. The number of hydrogen-bond acceptors (Lipinski definition) is 0. The van der Waals surface area contributed by atoms with Crippen molar-refractivity contribution < 1.29 is 0 Å². The Balaban J connectivity index is 1.26. The largest absolute Gasteiger partial charge is 0.0622 e. The smallest absolute Gasteiger partial charge is 0.0159 e. The summed E-state index contributed by atoms with van der Waals surface area (Å²) in [4.78, 5) is 0. The van der Waals surface area contributed by atoms with Crippen LogP contribution < -0.4 is 0 Å². The van der Waals surface area contributed by atoms with Gasteiger partial charge in [0.1, 0.15) is 0 Å². The lowest BCUT2D eigenvalue weighted by molar-refractivity contribution is 0.590. The molecule has 0 aliphatic heterocycles. The molecular weight excluding hydrogens is 577 g/mol. The van der Waals surface area contributed by atoms with Crippen LogP contribution in [0.25, 0.3) is 66.1 Å². The van der Waals surface area contributed by atoms with E-state index in [0.717, 1.165) is 0 Å². The van der Waals surface area contributed by atoms with Gasteiger partial charge in [-0.2, -0.15) is 0 Å². The van der Waals surface area contributed by atoms with Crippen LogP contribution in [0.1, 0.15) is 76.3 Å². The highest BCUT2D eigenvalue weighted by molar-refractivity contribution is 6.15. The topological polar surface area (TPSA) is 0 Å². The van der Waals surface area contributed by atoms with E-state index in [2.05, 4.69) is 176 Å². The van der Waals surface area contributed by atoms with Crippen LogP contribution in [-0.4, -0.2) is 0 Å². The lowest BCUT2D eigenvalue weighted by Crippen LogP contribution is -2.18. The maximum atomic E-state index is 2.54. The summed E-state index contributed by atoms with van der Waals surface area (Å²) in [5.74, 6) is 0. The second-order valence-corrected chi connectivity index (χ2v) is 16.2. The molecule has 0 bridgehead atoms. The molecular formula is C48H42. The van der Waals surface area contributed by atoms with E-state index in [1.165, 1.54) is 93.9 Å². The van der Waals surface area contributed by atoms with Crippen molar-refractivity contribution in [1.29, 1.82) is 0 Å². The van der Waals surface area contributed by atoms with Gasteiger partial charge in [0.15, 0.2) is 0 Å². The summed E-state index contributed by atoms with van der Waals surface area (Å²) in [7, 11) is 0. The van der Waals surface area contributed by atoms with Crippen LogP contribution in [0.15, 0.2) is 127 Å². The highest BCUT2D eigenvalue weighted by Crippen LogP contribution is 2.57. The third-order valence-corrected chi connectivity index (χ3v) is 11.6. The van der Waals surface area contributed by atoms with Crippen molar-refractivity contribution in [1.82, 2.24) is 0 Å². The van der Waals surface area contributed by atoms with Crippen molar-refractivity contribution in [3.63, 3.8) is 0 Å². The van der Waals surface area contributed by atoms with Gasteiger partial charge in [-0.15, -0.1) is 0 Å². The Kier molecular flexibility index (Phi) is 5.97. The molecule has 234 valence electrons. The predicted molar refractivity (Wildman–Crippen MR) is 206 cm³/mol. The van der Waals surface area contributed by atoms with Crippen molar-refractivity contribution in [3.8, 4) is 44.5 Å². The summed E-state index contributed by atoms with van der Waals surface area (Å²) in [6, 6.07) is 48.3. The first-order valence-electron chi connectivity index (χ1n) is 17.4. The van der Waals surface area contributed by atoms with Crippen LogP contribution in [-0.2, 0) is 16.2 Å². The summed E-state index contributed by atoms with van der Waals surface area (Å²) < 4.78 is 0. The normalized spacial score (nSPS) is 15.3. The molecule has 0 N–H and O–H groups in total. The van der Waals surface area contributed by atoms with E-state index >= 15 is 0 Å². The first-order valence-corrected chi connectivity index (χ1v) is 17.4. The maximum Gasteiger partial charge on any atom is 0.0159 e. The molecule has 0 heterocycles. The van der Waals surface area contributed by atoms with Crippen LogP contribution >= 0.6 is 0 Å². The average molecular weight is 619 g/mol. The lowest BCUT2D eigenvalue weighted by atomic mass is 9.76. The van der Waals surface area contributed by atoms with Crippen LogP contribution in [0.2, 0.25) is 0 Å². The number of fused-ring (bicyclic) bond motifs is 10. The van der Waals surface area contributed by atoms with Crippen molar-refractivity contribution >= 4 is 21.5 Å². The van der Waals surface area contributed by atoms with E-state index in [1.807, 2.05) is 0 Å². The fourth-order valence-electron chi connectivity index (χ4n) is 8.99. The molecule has 7 aromatic carbocycles. The van der Waals surface area contributed by atoms with Gasteiger partial charge in [-0.05, 0) is 117 Å². The predicted octanol–water partition coefficient (Wildman–Crippen LogP) is 13.2. The van der Waals surface area contributed by atoms with Gasteiger partial charge >= 0.3 is 0 Å². The Labute approximate surface area is 285 Å². The van der Waals surface area contributed by atoms with E-state index in [9.17, 15) is 0 Å². The summed E-state index contributed by atoms with van der Waals surface area (Å²) in [6.07, 6.45) is 0. The molecule has 48 heavy (non-hydrogen) atoms. The van der Waals surface area contributed by atoms with E-state index in [1.54, 1.807) is 0 Å². The van der Waals surface area contributed by atoms with E-state index in [-0.39, 0.29) is 16.2 Å². The molecule has 0 radical (unpaired) electrons. The molecule has 0 fully saturated rings. The van der Waals surface area contributed by atoms with Crippen molar-refractivity contribution in [2.24, 2.45) is 0 Å². The van der Waals surface area contributed by atoms with Gasteiger partial charge in [0, 0.05) is 10.8 Å². The zero-order chi connectivity index (χ0) is 33.2. The Hall–Kier alpha value is -4.94. The van der Waals surface area contributed by atoms with Gasteiger partial charge in [-0.3, -0.25) is 0 Å². The average Bonchev–Trinajstić information content (AvgIpc) is 3.46. The van der Waals surface area contributed by atoms with Crippen molar-refractivity contribution in [2.45, 2.75) is 64.7 Å². The van der Waals surface area contributed by atoms with E-state index in [4.69, 9.17) is 0 Å². The summed E-state index contributed by atoms with van der Waals surface area (Å²) in [6.45, 7) is 16.7. The number of rotatable bonds is 2. The van der Waals surface area contributed by atoms with Gasteiger partial charge < -0.3 is 0 Å². The molecule has 0 saturated heterocycles. The first-order chi connectivity index (χ1) is 23.0. The van der Waals surface area contributed by atoms with Crippen LogP contribution in [0.3, 0.4) is 0 Å². The minimum Gasteiger partial charge on any atom is -0.0622 e. The summed E-state index contributed by atoms with van der Waals surface area (Å²) in [5, 5.41) is 5.41.